The topological polar surface area (TPSA) is 52.0 Å². The Morgan fingerprint density at radius 2 is 2.32 bits per heavy atom. The molecule has 0 radical (unpaired) electrons. The van der Waals surface area contributed by atoms with Crippen molar-refractivity contribution in [3.63, 3.8) is 0 Å². The molecular weight excluding hydrogens is 300 g/mol. The average molecular weight is 321 g/mol. The second kappa shape index (κ2) is 6.77. The minimum Gasteiger partial charge on any atom is -0.370 e. The van der Waals surface area contributed by atoms with Crippen molar-refractivity contribution in [2.45, 2.75) is 25.5 Å². The number of ether oxygens (including phenoxy) is 1. The van der Waals surface area contributed by atoms with E-state index in [0.717, 1.165) is 31.1 Å². The van der Waals surface area contributed by atoms with Crippen LogP contribution in [0.1, 0.15) is 37.0 Å². The van der Waals surface area contributed by atoms with E-state index >= 15 is 0 Å². The van der Waals surface area contributed by atoms with Crippen molar-refractivity contribution >= 4 is 11.6 Å². The number of hydrogen-bond donors (Lipinski definition) is 1. The monoisotopic (exact) mass is 320 g/mol. The molecule has 1 aliphatic heterocycles. The van der Waals surface area contributed by atoms with Gasteiger partial charge in [-0.3, -0.25) is 4.98 Å². The molecule has 3 atom stereocenters. The summed E-state index contributed by atoms with van der Waals surface area (Å²) >= 11 is 5.88. The summed E-state index contributed by atoms with van der Waals surface area (Å²) in [7, 11) is 2.01. The Morgan fingerprint density at radius 1 is 1.45 bits per heavy atom. The van der Waals surface area contributed by atoms with Gasteiger partial charge in [0.05, 0.1) is 10.7 Å². The Balaban J connectivity index is 1.60. The first kappa shape index (κ1) is 15.5. The number of hydrogen-bond acceptors (Lipinski definition) is 4. The Hall–Kier alpha value is -1.43. The molecule has 0 spiro atoms. The van der Waals surface area contributed by atoms with Crippen LogP contribution in [-0.4, -0.2) is 27.7 Å². The molecule has 2 aromatic rings. The summed E-state index contributed by atoms with van der Waals surface area (Å²) in [5.74, 6) is 1.43. The molecular formula is C16H21ClN4O. The Labute approximate surface area is 135 Å². The molecule has 118 valence electrons. The maximum absolute atomic E-state index is 5.89. The number of aryl methyl sites for hydroxylation is 1. The van der Waals surface area contributed by atoms with E-state index in [9.17, 15) is 0 Å². The summed E-state index contributed by atoms with van der Waals surface area (Å²) in [6.07, 6.45) is 6.58. The highest BCUT2D eigenvalue weighted by Crippen LogP contribution is 2.33. The summed E-state index contributed by atoms with van der Waals surface area (Å²) < 4.78 is 7.92. The van der Waals surface area contributed by atoms with E-state index in [1.165, 1.54) is 0 Å². The minimum absolute atomic E-state index is 0.0675. The van der Waals surface area contributed by atoms with Gasteiger partial charge >= 0.3 is 0 Å². The van der Waals surface area contributed by atoms with Crippen molar-refractivity contribution < 1.29 is 4.74 Å². The van der Waals surface area contributed by atoms with Crippen molar-refractivity contribution in [2.24, 2.45) is 13.0 Å². The number of imidazole rings is 1. The molecule has 2 aromatic heterocycles. The highest BCUT2D eigenvalue weighted by molar-refractivity contribution is 6.30. The van der Waals surface area contributed by atoms with Crippen LogP contribution in [0.3, 0.4) is 0 Å². The molecule has 3 rings (SSSR count). The number of halogens is 1. The largest absolute Gasteiger partial charge is 0.370 e. The van der Waals surface area contributed by atoms with Gasteiger partial charge in [-0.2, -0.15) is 0 Å². The Morgan fingerprint density at radius 3 is 3.00 bits per heavy atom. The van der Waals surface area contributed by atoms with Crippen LogP contribution in [0.15, 0.2) is 30.7 Å². The fourth-order valence-corrected chi connectivity index (χ4v) is 2.97. The maximum Gasteiger partial charge on any atom is 0.137 e. The van der Waals surface area contributed by atoms with Gasteiger partial charge in [0.1, 0.15) is 11.9 Å². The summed E-state index contributed by atoms with van der Waals surface area (Å²) in [6.45, 7) is 3.78. The van der Waals surface area contributed by atoms with Crippen molar-refractivity contribution in [1.29, 1.82) is 0 Å². The molecule has 1 unspecified atom stereocenters. The molecule has 0 aromatic carbocycles. The molecule has 0 bridgehead atoms. The summed E-state index contributed by atoms with van der Waals surface area (Å²) in [4.78, 5) is 8.79. The quantitative estimate of drug-likeness (QED) is 0.920. The van der Waals surface area contributed by atoms with Gasteiger partial charge in [-0.1, -0.05) is 11.6 Å². The van der Waals surface area contributed by atoms with Gasteiger partial charge < -0.3 is 14.6 Å². The number of rotatable bonds is 5. The average Bonchev–Trinajstić information content (AvgIpc) is 3.13. The SMILES string of the molecule is CC(NC[C@@H]1CCO[C@H]1c1nccn1C)c1ccc(Cl)cn1. The predicted octanol–water partition coefficient (Wildman–Crippen LogP) is 2.90. The highest BCUT2D eigenvalue weighted by atomic mass is 35.5. The zero-order valence-corrected chi connectivity index (χ0v) is 13.6. The first-order valence-corrected chi connectivity index (χ1v) is 7.96. The zero-order valence-electron chi connectivity index (χ0n) is 12.9. The van der Waals surface area contributed by atoms with Gasteiger partial charge in [0.2, 0.25) is 0 Å². The first-order valence-electron chi connectivity index (χ1n) is 7.59. The number of nitrogens with zero attached hydrogens (tertiary/aromatic N) is 3. The third-order valence-corrected chi connectivity index (χ3v) is 4.43. The highest BCUT2D eigenvalue weighted by Gasteiger charge is 2.32. The lowest BCUT2D eigenvalue weighted by atomic mass is 10.00. The molecule has 3 heterocycles. The molecule has 0 aliphatic carbocycles. The molecule has 1 fully saturated rings. The van der Waals surface area contributed by atoms with E-state index in [4.69, 9.17) is 16.3 Å². The van der Waals surface area contributed by atoms with Crippen LogP contribution in [0.2, 0.25) is 5.02 Å². The predicted molar refractivity (Wildman–Crippen MR) is 85.7 cm³/mol. The van der Waals surface area contributed by atoms with Crippen molar-refractivity contribution in [1.82, 2.24) is 19.9 Å². The van der Waals surface area contributed by atoms with Crippen LogP contribution < -0.4 is 5.32 Å². The fraction of sp³-hybridized carbons (Fsp3) is 0.500. The lowest BCUT2D eigenvalue weighted by molar-refractivity contribution is 0.0805. The van der Waals surface area contributed by atoms with Crippen LogP contribution in [0.5, 0.6) is 0 Å². The normalized spacial score (nSPS) is 22.9. The lowest BCUT2D eigenvalue weighted by Crippen LogP contribution is -2.28. The van der Waals surface area contributed by atoms with Crippen molar-refractivity contribution in [2.75, 3.05) is 13.2 Å². The summed E-state index contributed by atoms with van der Waals surface area (Å²) in [5, 5.41) is 4.21. The molecule has 1 saturated heterocycles. The van der Waals surface area contributed by atoms with Gasteiger partial charge in [0, 0.05) is 50.7 Å². The van der Waals surface area contributed by atoms with E-state index < -0.39 is 0 Å². The van der Waals surface area contributed by atoms with Crippen LogP contribution in [0.25, 0.3) is 0 Å². The van der Waals surface area contributed by atoms with E-state index in [0.29, 0.717) is 10.9 Å². The lowest BCUT2D eigenvalue weighted by Gasteiger charge is -2.21. The molecule has 1 N–H and O–H groups in total. The second-order valence-corrected chi connectivity index (χ2v) is 6.20. The van der Waals surface area contributed by atoms with Gasteiger partial charge in [0.15, 0.2) is 0 Å². The van der Waals surface area contributed by atoms with Gasteiger partial charge in [-0.05, 0) is 25.5 Å². The Kier molecular flexibility index (Phi) is 4.76. The minimum atomic E-state index is 0.0675. The van der Waals surface area contributed by atoms with Crippen LogP contribution in [0.4, 0.5) is 0 Å². The number of pyridine rings is 1. The maximum atomic E-state index is 5.89. The van der Waals surface area contributed by atoms with E-state index in [1.807, 2.05) is 36.1 Å². The van der Waals surface area contributed by atoms with Crippen LogP contribution in [-0.2, 0) is 11.8 Å². The van der Waals surface area contributed by atoms with Crippen LogP contribution >= 0.6 is 11.6 Å². The van der Waals surface area contributed by atoms with Crippen LogP contribution in [0, 0.1) is 5.92 Å². The van der Waals surface area contributed by atoms with Crippen molar-refractivity contribution in [3.05, 3.63) is 47.3 Å². The smallest absolute Gasteiger partial charge is 0.137 e. The van der Waals surface area contributed by atoms with E-state index in [1.54, 1.807) is 6.20 Å². The molecule has 6 heteroatoms. The number of aromatic nitrogens is 3. The zero-order chi connectivity index (χ0) is 15.5. The molecule has 22 heavy (non-hydrogen) atoms. The third-order valence-electron chi connectivity index (χ3n) is 4.21. The standard InChI is InChI=1S/C16H21ClN4O/c1-11(14-4-3-13(17)10-20-14)19-9-12-5-8-22-15(12)16-18-6-7-21(16)2/h3-4,6-7,10-12,15,19H,5,8-9H2,1-2H3/t11?,12-,15+/m0/s1. The first-order chi connectivity index (χ1) is 10.6. The van der Waals surface area contributed by atoms with Gasteiger partial charge in [-0.25, -0.2) is 4.98 Å². The number of nitrogens with one attached hydrogen (secondary N) is 1. The second-order valence-electron chi connectivity index (χ2n) is 5.77. The van der Waals surface area contributed by atoms with E-state index in [2.05, 4.69) is 22.2 Å². The van der Waals surface area contributed by atoms with Crippen molar-refractivity contribution in [3.8, 4) is 0 Å². The van der Waals surface area contributed by atoms with Gasteiger partial charge in [-0.15, -0.1) is 0 Å². The van der Waals surface area contributed by atoms with Gasteiger partial charge in [0.25, 0.3) is 0 Å². The fourth-order valence-electron chi connectivity index (χ4n) is 2.86. The Bertz CT molecular complexity index is 613. The third kappa shape index (κ3) is 3.32. The molecule has 5 nitrogen and oxygen atoms in total. The molecule has 0 saturated carbocycles. The van der Waals surface area contributed by atoms with E-state index in [-0.39, 0.29) is 12.1 Å². The summed E-state index contributed by atoms with van der Waals surface area (Å²) in [6, 6.07) is 4.01. The summed E-state index contributed by atoms with van der Waals surface area (Å²) in [5.41, 5.74) is 0.997. The molecule has 0 amide bonds. The molecule has 1 aliphatic rings.